The summed E-state index contributed by atoms with van der Waals surface area (Å²) >= 11 is 13.9. The lowest BCUT2D eigenvalue weighted by Crippen LogP contribution is -2.42. The summed E-state index contributed by atoms with van der Waals surface area (Å²) in [5, 5.41) is 0.766. The second-order valence-electron chi connectivity index (χ2n) is 8.85. The summed E-state index contributed by atoms with van der Waals surface area (Å²) in [6.45, 7) is 6.96. The molecule has 2 atom stereocenters. The van der Waals surface area contributed by atoms with Gasteiger partial charge < -0.3 is 4.90 Å². The van der Waals surface area contributed by atoms with E-state index in [1.165, 1.54) is 37.4 Å². The molecule has 0 aromatic carbocycles. The van der Waals surface area contributed by atoms with Gasteiger partial charge in [-0.15, -0.1) is 0 Å². The van der Waals surface area contributed by atoms with Gasteiger partial charge in [-0.2, -0.15) is 0 Å². The van der Waals surface area contributed by atoms with Crippen LogP contribution in [0, 0.1) is 17.3 Å². The van der Waals surface area contributed by atoms with Crippen LogP contribution in [0.2, 0.25) is 10.2 Å². The Kier molecular flexibility index (Phi) is 5.36. The Labute approximate surface area is 191 Å². The third-order valence-electron chi connectivity index (χ3n) is 7.00. The van der Waals surface area contributed by atoms with Gasteiger partial charge in [0, 0.05) is 42.8 Å². The van der Waals surface area contributed by atoms with Gasteiger partial charge in [-0.25, -0.2) is 15.0 Å². The number of pyridine rings is 1. The smallest absolute Gasteiger partial charge is 0.211 e. The number of anilines is 1. The molecule has 4 heterocycles. The first kappa shape index (κ1) is 20.4. The van der Waals surface area contributed by atoms with E-state index in [0.29, 0.717) is 15.6 Å². The van der Waals surface area contributed by atoms with Crippen LogP contribution < -0.4 is 4.90 Å². The van der Waals surface area contributed by atoms with E-state index < -0.39 is 0 Å². The van der Waals surface area contributed by atoms with Crippen molar-refractivity contribution in [3.63, 3.8) is 0 Å². The van der Waals surface area contributed by atoms with Crippen molar-refractivity contribution in [1.82, 2.24) is 19.4 Å². The van der Waals surface area contributed by atoms with Crippen molar-refractivity contribution in [2.24, 2.45) is 17.3 Å². The van der Waals surface area contributed by atoms with E-state index in [2.05, 4.69) is 33.1 Å². The molecule has 1 spiro atoms. The fraction of sp³-hybridized carbons (Fsp3) is 0.500. The number of halogens is 2. The Hall–Kier alpha value is -1.50. The molecule has 8 heteroatoms. The minimum Gasteiger partial charge on any atom is -0.342 e. The third kappa shape index (κ3) is 3.47. The highest BCUT2D eigenvalue weighted by Gasteiger charge is 2.45. The number of fused-ring (bicyclic) bond motifs is 1. The van der Waals surface area contributed by atoms with Crippen LogP contribution in [0.1, 0.15) is 39.5 Å². The van der Waals surface area contributed by atoms with Crippen LogP contribution in [0.25, 0.3) is 5.65 Å². The monoisotopic (exact) mass is 461 g/mol. The normalized spacial score (nSPS) is 23.5. The molecule has 0 bridgehead atoms. The largest absolute Gasteiger partial charge is 0.342 e. The second-order valence-corrected chi connectivity index (χ2v) is 10.7. The molecule has 1 aliphatic heterocycles. The zero-order chi connectivity index (χ0) is 20.9. The highest BCUT2D eigenvalue weighted by atomic mass is 35.5. The van der Waals surface area contributed by atoms with E-state index in [1.54, 1.807) is 6.20 Å². The topological polar surface area (TPSA) is 46.3 Å². The molecule has 0 amide bonds. The lowest BCUT2D eigenvalue weighted by Gasteiger charge is -2.42. The lowest BCUT2D eigenvalue weighted by atomic mass is 9.71. The first-order chi connectivity index (χ1) is 14.5. The highest BCUT2D eigenvalue weighted by molar-refractivity contribution is 7.99. The van der Waals surface area contributed by atoms with Gasteiger partial charge in [0.15, 0.2) is 5.65 Å². The molecule has 1 saturated heterocycles. The van der Waals surface area contributed by atoms with Gasteiger partial charge >= 0.3 is 0 Å². The summed E-state index contributed by atoms with van der Waals surface area (Å²) in [7, 11) is 0. The van der Waals surface area contributed by atoms with E-state index in [0.717, 1.165) is 46.3 Å². The number of piperidine rings is 1. The van der Waals surface area contributed by atoms with E-state index in [4.69, 9.17) is 28.2 Å². The molecule has 3 aromatic heterocycles. The van der Waals surface area contributed by atoms with Gasteiger partial charge in [0.1, 0.15) is 5.15 Å². The first-order valence-corrected chi connectivity index (χ1v) is 12.1. The number of nitrogens with zero attached hydrogens (tertiary/aromatic N) is 5. The summed E-state index contributed by atoms with van der Waals surface area (Å²) in [6, 6.07) is 1.86. The van der Waals surface area contributed by atoms with E-state index in [9.17, 15) is 0 Å². The average Bonchev–Trinajstić information content (AvgIpc) is 3.32. The molecule has 158 valence electrons. The zero-order valence-electron chi connectivity index (χ0n) is 17.2. The van der Waals surface area contributed by atoms with Gasteiger partial charge in [0.05, 0.1) is 9.92 Å². The maximum atomic E-state index is 6.33. The van der Waals surface area contributed by atoms with E-state index in [-0.39, 0.29) is 0 Å². The number of rotatable bonds is 3. The Bertz CT molecular complexity index is 1080. The van der Waals surface area contributed by atoms with Crippen molar-refractivity contribution in [2.45, 2.75) is 49.3 Å². The van der Waals surface area contributed by atoms with Crippen molar-refractivity contribution in [3.05, 3.63) is 41.0 Å². The minimum absolute atomic E-state index is 0.309. The summed E-state index contributed by atoms with van der Waals surface area (Å²) in [5.41, 5.74) is 1.41. The Balaban J connectivity index is 1.40. The Morgan fingerprint density at radius 1 is 1.07 bits per heavy atom. The maximum absolute atomic E-state index is 6.33. The predicted molar refractivity (Wildman–Crippen MR) is 123 cm³/mol. The van der Waals surface area contributed by atoms with Crippen LogP contribution in [-0.4, -0.2) is 32.4 Å². The molecular formula is C22H25Cl2N5S. The van der Waals surface area contributed by atoms with Crippen molar-refractivity contribution in [2.75, 3.05) is 18.0 Å². The van der Waals surface area contributed by atoms with E-state index in [1.807, 2.05) is 24.7 Å². The maximum Gasteiger partial charge on any atom is 0.211 e. The second kappa shape index (κ2) is 7.88. The number of imidazole rings is 1. The van der Waals surface area contributed by atoms with Crippen LogP contribution in [0.4, 0.5) is 5.95 Å². The molecule has 3 aromatic rings. The van der Waals surface area contributed by atoms with Gasteiger partial charge in [0.25, 0.3) is 0 Å². The standard InChI is InChI=1S/C22H25Cl2N5S/c1-14-11-15(2)22(12-14)4-8-28(9-5-22)21-27-13-17(20-26-7-10-29(20)21)30-16-3-6-25-19(24)18(16)23/h3,6-7,10,13-15H,4-5,8-9,11-12H2,1-2H3/t14?,15-/m0/s1. The molecule has 2 fully saturated rings. The highest BCUT2D eigenvalue weighted by Crippen LogP contribution is 2.52. The third-order valence-corrected chi connectivity index (χ3v) is 8.95. The summed E-state index contributed by atoms with van der Waals surface area (Å²) in [5.74, 6) is 2.65. The number of aromatic nitrogens is 4. The van der Waals surface area contributed by atoms with Crippen LogP contribution in [0.3, 0.4) is 0 Å². The minimum atomic E-state index is 0.309. The summed E-state index contributed by atoms with van der Waals surface area (Å²) < 4.78 is 2.09. The molecule has 5 nitrogen and oxygen atoms in total. The van der Waals surface area contributed by atoms with Crippen LogP contribution in [-0.2, 0) is 0 Å². The van der Waals surface area contributed by atoms with Gasteiger partial charge in [-0.1, -0.05) is 48.8 Å². The van der Waals surface area contributed by atoms with Crippen molar-refractivity contribution >= 4 is 46.6 Å². The Morgan fingerprint density at radius 3 is 2.60 bits per heavy atom. The predicted octanol–water partition coefficient (Wildman–Crippen LogP) is 6.23. The molecule has 2 aliphatic rings. The van der Waals surface area contributed by atoms with E-state index >= 15 is 0 Å². The molecule has 1 aliphatic carbocycles. The molecule has 0 radical (unpaired) electrons. The molecule has 0 N–H and O–H groups in total. The molecular weight excluding hydrogens is 437 g/mol. The average molecular weight is 462 g/mol. The fourth-order valence-electron chi connectivity index (χ4n) is 5.47. The SMILES string of the molecule is CC1C[C@H](C)C2(CCN(c3ncc(Sc4ccnc(Cl)c4Cl)c4nccn34)CC2)C1. The fourth-order valence-corrected chi connectivity index (χ4v) is 6.81. The van der Waals surface area contributed by atoms with Crippen LogP contribution in [0.5, 0.6) is 0 Å². The quantitative estimate of drug-likeness (QED) is 0.432. The van der Waals surface area contributed by atoms with Crippen molar-refractivity contribution in [1.29, 1.82) is 0 Å². The number of hydrogen-bond acceptors (Lipinski definition) is 5. The summed E-state index contributed by atoms with van der Waals surface area (Å²) in [4.78, 5) is 17.7. The Morgan fingerprint density at radius 2 is 1.87 bits per heavy atom. The molecule has 1 unspecified atom stereocenters. The van der Waals surface area contributed by atoms with Gasteiger partial charge in [-0.05, 0) is 49.0 Å². The molecule has 30 heavy (non-hydrogen) atoms. The van der Waals surface area contributed by atoms with Crippen molar-refractivity contribution < 1.29 is 0 Å². The van der Waals surface area contributed by atoms with Gasteiger partial charge in [0.2, 0.25) is 5.95 Å². The van der Waals surface area contributed by atoms with Gasteiger partial charge in [-0.3, -0.25) is 4.40 Å². The first-order valence-electron chi connectivity index (χ1n) is 10.5. The zero-order valence-corrected chi connectivity index (χ0v) is 19.5. The molecule has 5 rings (SSSR count). The lowest BCUT2D eigenvalue weighted by molar-refractivity contribution is 0.158. The summed E-state index contributed by atoms with van der Waals surface area (Å²) in [6.07, 6.45) is 12.6. The van der Waals surface area contributed by atoms with Crippen LogP contribution in [0.15, 0.2) is 40.6 Å². The number of hydrogen-bond donors (Lipinski definition) is 0. The van der Waals surface area contributed by atoms with Crippen LogP contribution >= 0.6 is 35.0 Å². The van der Waals surface area contributed by atoms with Crippen molar-refractivity contribution in [3.8, 4) is 0 Å². The molecule has 1 saturated carbocycles.